The third-order valence-corrected chi connectivity index (χ3v) is 7.63. The first-order valence-electron chi connectivity index (χ1n) is 14.3. The molecule has 1 saturated heterocycles. The average Bonchev–Trinajstić information content (AvgIpc) is 3.58. The second kappa shape index (κ2) is 12.0. The van der Waals surface area contributed by atoms with E-state index in [1.807, 2.05) is 38.1 Å². The SMILES string of the molecule is CCn1nc(C)cc1C(=O)Nc1ccc(C(=O)c2ccc3c(c2)NC(=O)C3C=Nc2ccc(N3CCOCC3)cc2)cc1. The number of rotatable bonds is 8. The summed E-state index contributed by atoms with van der Waals surface area (Å²) in [7, 11) is 0. The molecule has 1 unspecified atom stereocenters. The zero-order chi connectivity index (χ0) is 29.9. The summed E-state index contributed by atoms with van der Waals surface area (Å²) in [5.41, 5.74) is 5.99. The van der Waals surface area contributed by atoms with Crippen LogP contribution in [0.5, 0.6) is 0 Å². The smallest absolute Gasteiger partial charge is 0.273 e. The first kappa shape index (κ1) is 28.0. The Morgan fingerprint density at radius 2 is 1.74 bits per heavy atom. The molecule has 3 heterocycles. The fourth-order valence-electron chi connectivity index (χ4n) is 5.34. The Bertz CT molecular complexity index is 1700. The molecular formula is C33H32N6O4. The second-order valence-corrected chi connectivity index (χ2v) is 10.5. The molecule has 1 aromatic heterocycles. The lowest BCUT2D eigenvalue weighted by atomic mass is 9.97. The number of aromatic nitrogens is 2. The van der Waals surface area contributed by atoms with E-state index >= 15 is 0 Å². The van der Waals surface area contributed by atoms with Crippen molar-refractivity contribution in [3.63, 3.8) is 0 Å². The van der Waals surface area contributed by atoms with Crippen LogP contribution in [0.4, 0.5) is 22.7 Å². The van der Waals surface area contributed by atoms with Crippen LogP contribution in [-0.4, -0.2) is 59.9 Å². The number of nitrogens with zero attached hydrogens (tertiary/aromatic N) is 4. The summed E-state index contributed by atoms with van der Waals surface area (Å²) in [6.07, 6.45) is 1.65. The van der Waals surface area contributed by atoms with Crippen molar-refractivity contribution >= 4 is 46.6 Å². The predicted molar refractivity (Wildman–Crippen MR) is 166 cm³/mol. The van der Waals surface area contributed by atoms with Gasteiger partial charge in [0.05, 0.1) is 24.6 Å². The molecule has 0 radical (unpaired) electrons. The number of ether oxygens (including phenoxy) is 1. The number of carbonyl (C=O) groups excluding carboxylic acids is 3. The minimum atomic E-state index is -0.547. The normalized spacial score (nSPS) is 16.3. The van der Waals surface area contributed by atoms with Gasteiger partial charge in [-0.3, -0.25) is 24.1 Å². The van der Waals surface area contributed by atoms with Crippen LogP contribution >= 0.6 is 0 Å². The number of ketones is 1. The molecule has 3 aromatic carbocycles. The van der Waals surface area contributed by atoms with Gasteiger partial charge in [0.1, 0.15) is 11.6 Å². The number of benzene rings is 3. The number of nitrogens with one attached hydrogen (secondary N) is 2. The Labute approximate surface area is 249 Å². The van der Waals surface area contributed by atoms with Gasteiger partial charge in [-0.25, -0.2) is 0 Å². The summed E-state index contributed by atoms with van der Waals surface area (Å²) in [6.45, 7) is 7.53. The molecular weight excluding hydrogens is 544 g/mol. The summed E-state index contributed by atoms with van der Waals surface area (Å²) in [5, 5.41) is 10.1. The number of hydrogen-bond donors (Lipinski definition) is 2. The van der Waals surface area contributed by atoms with Gasteiger partial charge in [-0.05, 0) is 80.1 Å². The number of hydrogen-bond acceptors (Lipinski definition) is 7. The molecule has 2 N–H and O–H groups in total. The highest BCUT2D eigenvalue weighted by atomic mass is 16.5. The molecule has 10 nitrogen and oxygen atoms in total. The molecule has 218 valence electrons. The Kier molecular flexibility index (Phi) is 7.84. The van der Waals surface area contributed by atoms with Crippen LogP contribution < -0.4 is 15.5 Å². The zero-order valence-electron chi connectivity index (χ0n) is 24.0. The summed E-state index contributed by atoms with van der Waals surface area (Å²) >= 11 is 0. The fourth-order valence-corrected chi connectivity index (χ4v) is 5.34. The van der Waals surface area contributed by atoms with E-state index in [1.54, 1.807) is 59.4 Å². The Morgan fingerprint density at radius 1 is 1.02 bits per heavy atom. The lowest BCUT2D eigenvalue weighted by Gasteiger charge is -2.28. The quantitative estimate of drug-likeness (QED) is 0.226. The summed E-state index contributed by atoms with van der Waals surface area (Å²) < 4.78 is 7.07. The fraction of sp³-hybridized carbons (Fsp3) is 0.242. The third-order valence-electron chi connectivity index (χ3n) is 7.63. The number of anilines is 3. The minimum Gasteiger partial charge on any atom is -0.378 e. The summed E-state index contributed by atoms with van der Waals surface area (Å²) in [5.74, 6) is -1.19. The van der Waals surface area contributed by atoms with Crippen LogP contribution in [0.1, 0.15) is 50.5 Å². The van der Waals surface area contributed by atoms with Crippen molar-refractivity contribution < 1.29 is 19.1 Å². The number of fused-ring (bicyclic) bond motifs is 1. The summed E-state index contributed by atoms with van der Waals surface area (Å²) in [4.78, 5) is 45.6. The van der Waals surface area contributed by atoms with Crippen LogP contribution in [0.15, 0.2) is 77.8 Å². The monoisotopic (exact) mass is 576 g/mol. The van der Waals surface area contributed by atoms with Gasteiger partial charge in [-0.2, -0.15) is 5.10 Å². The Balaban J connectivity index is 1.11. The van der Waals surface area contributed by atoms with Crippen molar-refractivity contribution in [3.8, 4) is 0 Å². The van der Waals surface area contributed by atoms with Crippen LogP contribution in [0, 0.1) is 6.92 Å². The highest BCUT2D eigenvalue weighted by molar-refractivity contribution is 6.15. The Morgan fingerprint density at radius 3 is 2.47 bits per heavy atom. The third kappa shape index (κ3) is 5.96. The molecule has 6 rings (SSSR count). The number of carbonyl (C=O) groups is 3. The van der Waals surface area contributed by atoms with Gasteiger partial charge in [0.15, 0.2) is 5.78 Å². The van der Waals surface area contributed by atoms with Gasteiger partial charge in [0.2, 0.25) is 5.91 Å². The van der Waals surface area contributed by atoms with Gasteiger partial charge in [0, 0.05) is 54.0 Å². The molecule has 1 atom stereocenters. The molecule has 43 heavy (non-hydrogen) atoms. The predicted octanol–water partition coefficient (Wildman–Crippen LogP) is 4.97. The maximum absolute atomic E-state index is 13.3. The molecule has 2 aliphatic heterocycles. The van der Waals surface area contributed by atoms with E-state index in [0.717, 1.165) is 48.9 Å². The summed E-state index contributed by atoms with van der Waals surface area (Å²) in [6, 6.07) is 21.6. The maximum atomic E-state index is 13.3. The van der Waals surface area contributed by atoms with E-state index in [4.69, 9.17) is 4.74 Å². The standard InChI is InChI=1S/C33H32N6O4/c1-3-39-30(18-21(2)37-39)33(42)35-25-7-4-22(5-8-25)31(40)23-6-13-27-28(32(41)36-29(27)19-23)20-34-24-9-11-26(12-10-24)38-14-16-43-17-15-38/h4-13,18-20,28H,3,14-17H2,1-2H3,(H,35,42)(H,36,41). The first-order chi connectivity index (χ1) is 20.9. The molecule has 0 bridgehead atoms. The number of morpholine rings is 1. The van der Waals surface area contributed by atoms with Gasteiger partial charge in [-0.15, -0.1) is 0 Å². The maximum Gasteiger partial charge on any atom is 0.273 e. The Hall–Kier alpha value is -5.09. The van der Waals surface area contributed by atoms with E-state index in [0.29, 0.717) is 34.7 Å². The minimum absolute atomic E-state index is 0.187. The lowest BCUT2D eigenvalue weighted by Crippen LogP contribution is -2.36. The van der Waals surface area contributed by atoms with Crippen LogP contribution in [0.2, 0.25) is 0 Å². The molecule has 10 heteroatoms. The first-order valence-corrected chi connectivity index (χ1v) is 14.3. The van der Waals surface area contributed by atoms with Gasteiger partial charge in [0.25, 0.3) is 5.91 Å². The molecule has 4 aromatic rings. The van der Waals surface area contributed by atoms with Gasteiger partial charge in [-0.1, -0.05) is 12.1 Å². The lowest BCUT2D eigenvalue weighted by molar-refractivity contribution is -0.115. The highest BCUT2D eigenvalue weighted by Crippen LogP contribution is 2.33. The van der Waals surface area contributed by atoms with Crippen molar-refractivity contribution in [3.05, 3.63) is 101 Å². The zero-order valence-corrected chi connectivity index (χ0v) is 24.0. The molecule has 2 amide bonds. The molecule has 0 saturated carbocycles. The van der Waals surface area contributed by atoms with Crippen molar-refractivity contribution in [2.24, 2.45) is 4.99 Å². The largest absolute Gasteiger partial charge is 0.378 e. The van der Waals surface area contributed by atoms with Crippen molar-refractivity contribution in [2.45, 2.75) is 26.3 Å². The van der Waals surface area contributed by atoms with Crippen molar-refractivity contribution in [1.82, 2.24) is 9.78 Å². The number of aryl methyl sites for hydroxylation is 2. The number of amides is 2. The van der Waals surface area contributed by atoms with Crippen molar-refractivity contribution in [2.75, 3.05) is 41.8 Å². The van der Waals surface area contributed by atoms with Crippen LogP contribution in [0.3, 0.4) is 0 Å². The van der Waals surface area contributed by atoms with Crippen LogP contribution in [-0.2, 0) is 16.1 Å². The topological polar surface area (TPSA) is 118 Å². The van der Waals surface area contributed by atoms with Crippen LogP contribution in [0.25, 0.3) is 0 Å². The molecule has 0 spiro atoms. The molecule has 2 aliphatic rings. The van der Waals surface area contributed by atoms with Gasteiger partial charge < -0.3 is 20.3 Å². The highest BCUT2D eigenvalue weighted by Gasteiger charge is 2.30. The van der Waals surface area contributed by atoms with E-state index in [9.17, 15) is 14.4 Å². The second-order valence-electron chi connectivity index (χ2n) is 10.5. The van der Waals surface area contributed by atoms with E-state index in [2.05, 4.69) is 25.6 Å². The van der Waals surface area contributed by atoms with E-state index in [-0.39, 0.29) is 17.6 Å². The van der Waals surface area contributed by atoms with E-state index in [1.165, 1.54) is 0 Å². The van der Waals surface area contributed by atoms with E-state index < -0.39 is 5.92 Å². The number of aliphatic imine (C=N–C) groups is 1. The average molecular weight is 577 g/mol. The van der Waals surface area contributed by atoms with Gasteiger partial charge >= 0.3 is 0 Å². The molecule has 1 fully saturated rings. The molecule has 0 aliphatic carbocycles. The van der Waals surface area contributed by atoms with Crippen molar-refractivity contribution in [1.29, 1.82) is 0 Å².